The molecule has 0 amide bonds. The van der Waals surface area contributed by atoms with E-state index in [1.54, 1.807) is 12.1 Å². The maximum Gasteiger partial charge on any atom is 0.212 e. The van der Waals surface area contributed by atoms with Gasteiger partial charge in [0.05, 0.1) is 5.75 Å². The SMILES string of the molecule is CC(NS(=O)(=O)CCCCN)c1ccc(Cl)cc1. The number of nitrogens with one attached hydrogen (secondary N) is 1. The first-order valence-corrected chi connectivity index (χ1v) is 7.93. The van der Waals surface area contributed by atoms with Crippen LogP contribution in [0.4, 0.5) is 0 Å². The van der Waals surface area contributed by atoms with E-state index in [-0.39, 0.29) is 11.8 Å². The molecule has 0 radical (unpaired) electrons. The largest absolute Gasteiger partial charge is 0.330 e. The van der Waals surface area contributed by atoms with E-state index < -0.39 is 10.0 Å². The maximum atomic E-state index is 11.8. The highest BCUT2D eigenvalue weighted by atomic mass is 35.5. The molecule has 0 heterocycles. The van der Waals surface area contributed by atoms with Gasteiger partial charge in [-0.15, -0.1) is 0 Å². The molecule has 0 spiro atoms. The Hall–Kier alpha value is -0.620. The molecule has 3 N–H and O–H groups in total. The molecule has 0 saturated heterocycles. The first kappa shape index (κ1) is 15.4. The van der Waals surface area contributed by atoms with Crippen molar-refractivity contribution < 1.29 is 8.42 Å². The van der Waals surface area contributed by atoms with Crippen molar-refractivity contribution in [1.29, 1.82) is 0 Å². The normalized spacial score (nSPS) is 13.5. The van der Waals surface area contributed by atoms with Gasteiger partial charge >= 0.3 is 0 Å². The summed E-state index contributed by atoms with van der Waals surface area (Å²) in [5, 5.41) is 0.636. The molecule has 1 aromatic rings. The number of hydrogen-bond acceptors (Lipinski definition) is 3. The van der Waals surface area contributed by atoms with E-state index in [0.717, 1.165) is 12.0 Å². The zero-order valence-electron chi connectivity index (χ0n) is 10.4. The van der Waals surface area contributed by atoms with Crippen molar-refractivity contribution in [3.8, 4) is 0 Å². The second kappa shape index (κ2) is 7.09. The lowest BCUT2D eigenvalue weighted by Gasteiger charge is -2.14. The number of benzene rings is 1. The third-order valence-corrected chi connectivity index (χ3v) is 4.38. The Kier molecular flexibility index (Phi) is 6.08. The minimum absolute atomic E-state index is 0.113. The average molecular weight is 291 g/mol. The molecule has 0 fully saturated rings. The van der Waals surface area contributed by atoms with Crippen LogP contribution in [-0.4, -0.2) is 20.7 Å². The fourth-order valence-corrected chi connectivity index (χ4v) is 3.09. The minimum atomic E-state index is -3.25. The van der Waals surface area contributed by atoms with Crippen LogP contribution in [0.25, 0.3) is 0 Å². The van der Waals surface area contributed by atoms with Gasteiger partial charge in [-0.25, -0.2) is 13.1 Å². The van der Waals surface area contributed by atoms with E-state index in [0.29, 0.717) is 18.0 Å². The highest BCUT2D eigenvalue weighted by Gasteiger charge is 2.15. The molecule has 0 aliphatic heterocycles. The number of sulfonamides is 1. The summed E-state index contributed by atoms with van der Waals surface area (Å²) < 4.78 is 26.2. The van der Waals surface area contributed by atoms with Crippen LogP contribution in [-0.2, 0) is 10.0 Å². The van der Waals surface area contributed by atoms with E-state index >= 15 is 0 Å². The molecular weight excluding hydrogens is 272 g/mol. The van der Waals surface area contributed by atoms with E-state index in [1.165, 1.54) is 0 Å². The fraction of sp³-hybridized carbons (Fsp3) is 0.500. The Morgan fingerprint density at radius 3 is 2.44 bits per heavy atom. The number of rotatable bonds is 7. The van der Waals surface area contributed by atoms with Crippen LogP contribution in [0.5, 0.6) is 0 Å². The van der Waals surface area contributed by atoms with Crippen molar-refractivity contribution in [2.75, 3.05) is 12.3 Å². The number of hydrogen-bond donors (Lipinski definition) is 2. The van der Waals surface area contributed by atoms with Gasteiger partial charge in [0, 0.05) is 11.1 Å². The van der Waals surface area contributed by atoms with Gasteiger partial charge in [0.25, 0.3) is 0 Å². The Labute approximate surface area is 114 Å². The summed E-state index contributed by atoms with van der Waals surface area (Å²) in [6.07, 6.45) is 1.30. The summed E-state index contributed by atoms with van der Waals surface area (Å²) in [6.45, 7) is 2.33. The predicted molar refractivity (Wildman–Crippen MR) is 75.1 cm³/mol. The summed E-state index contributed by atoms with van der Waals surface area (Å²) in [5.41, 5.74) is 6.23. The Morgan fingerprint density at radius 2 is 1.89 bits per heavy atom. The molecule has 0 aliphatic rings. The third-order valence-electron chi connectivity index (χ3n) is 2.59. The molecule has 0 aromatic heterocycles. The summed E-state index contributed by atoms with van der Waals surface area (Å²) in [6, 6.07) is 6.86. The van der Waals surface area contributed by atoms with Crippen LogP contribution in [0.3, 0.4) is 0 Å². The topological polar surface area (TPSA) is 72.2 Å². The van der Waals surface area contributed by atoms with E-state index in [1.807, 2.05) is 19.1 Å². The molecule has 1 atom stereocenters. The number of nitrogens with two attached hydrogens (primary N) is 1. The molecule has 4 nitrogen and oxygen atoms in total. The minimum Gasteiger partial charge on any atom is -0.330 e. The summed E-state index contributed by atoms with van der Waals surface area (Å²) in [4.78, 5) is 0. The first-order valence-electron chi connectivity index (χ1n) is 5.90. The molecule has 6 heteroatoms. The molecule has 1 rings (SSSR count). The van der Waals surface area contributed by atoms with Crippen LogP contribution in [0.2, 0.25) is 5.02 Å². The van der Waals surface area contributed by atoms with Crippen molar-refractivity contribution in [1.82, 2.24) is 4.72 Å². The molecule has 1 aromatic carbocycles. The molecule has 0 aliphatic carbocycles. The molecular formula is C12H19ClN2O2S. The predicted octanol–water partition coefficient (Wildman–Crippen LogP) is 2.06. The smallest absolute Gasteiger partial charge is 0.212 e. The Balaban J connectivity index is 2.58. The van der Waals surface area contributed by atoms with Gasteiger partial charge in [0.1, 0.15) is 0 Å². The highest BCUT2D eigenvalue weighted by molar-refractivity contribution is 7.89. The van der Waals surface area contributed by atoms with Gasteiger partial charge in [0.2, 0.25) is 10.0 Å². The summed E-state index contributed by atoms with van der Waals surface area (Å²) >= 11 is 5.78. The van der Waals surface area contributed by atoms with Crippen molar-refractivity contribution >= 4 is 21.6 Å². The van der Waals surface area contributed by atoms with E-state index in [4.69, 9.17) is 17.3 Å². The Morgan fingerprint density at radius 1 is 1.28 bits per heavy atom. The van der Waals surface area contributed by atoms with Gasteiger partial charge in [0.15, 0.2) is 0 Å². The lowest BCUT2D eigenvalue weighted by Crippen LogP contribution is -2.29. The maximum absolute atomic E-state index is 11.8. The monoisotopic (exact) mass is 290 g/mol. The van der Waals surface area contributed by atoms with Crippen molar-refractivity contribution in [3.63, 3.8) is 0 Å². The number of halogens is 1. The molecule has 0 saturated carbocycles. The second-order valence-electron chi connectivity index (χ2n) is 4.21. The van der Waals surface area contributed by atoms with E-state index in [2.05, 4.69) is 4.72 Å². The van der Waals surface area contributed by atoms with Gasteiger partial charge in [-0.1, -0.05) is 23.7 Å². The van der Waals surface area contributed by atoms with Crippen molar-refractivity contribution in [2.45, 2.75) is 25.8 Å². The van der Waals surface area contributed by atoms with Crippen LogP contribution in [0, 0.1) is 0 Å². The standard InChI is InChI=1S/C12H19ClN2O2S/c1-10(11-4-6-12(13)7-5-11)15-18(16,17)9-3-2-8-14/h4-7,10,15H,2-3,8-9,14H2,1H3. The van der Waals surface area contributed by atoms with Gasteiger partial charge in [-0.05, 0) is 44.0 Å². The van der Waals surface area contributed by atoms with E-state index in [9.17, 15) is 8.42 Å². The Bertz CT molecular complexity index is 459. The average Bonchev–Trinajstić information content (AvgIpc) is 2.29. The van der Waals surface area contributed by atoms with Gasteiger partial charge in [-0.2, -0.15) is 0 Å². The van der Waals surface area contributed by atoms with Crippen LogP contribution in [0.1, 0.15) is 31.4 Å². The summed E-state index contributed by atoms with van der Waals surface area (Å²) in [7, 11) is -3.25. The summed E-state index contributed by atoms with van der Waals surface area (Å²) in [5.74, 6) is 0.113. The second-order valence-corrected chi connectivity index (χ2v) is 6.52. The molecule has 1 unspecified atom stereocenters. The number of unbranched alkanes of at least 4 members (excludes halogenated alkanes) is 1. The first-order chi connectivity index (χ1) is 8.44. The molecule has 18 heavy (non-hydrogen) atoms. The van der Waals surface area contributed by atoms with Gasteiger partial charge in [-0.3, -0.25) is 0 Å². The van der Waals surface area contributed by atoms with Crippen molar-refractivity contribution in [3.05, 3.63) is 34.9 Å². The lowest BCUT2D eigenvalue weighted by molar-refractivity contribution is 0.563. The third kappa shape index (κ3) is 5.35. The van der Waals surface area contributed by atoms with Gasteiger partial charge < -0.3 is 5.73 Å². The van der Waals surface area contributed by atoms with Crippen molar-refractivity contribution in [2.24, 2.45) is 5.73 Å². The molecule has 102 valence electrons. The highest BCUT2D eigenvalue weighted by Crippen LogP contribution is 2.16. The van der Waals surface area contributed by atoms with Crippen LogP contribution in [0.15, 0.2) is 24.3 Å². The fourth-order valence-electron chi connectivity index (χ4n) is 1.58. The zero-order valence-corrected chi connectivity index (χ0v) is 12.0. The zero-order chi connectivity index (χ0) is 13.6. The quantitative estimate of drug-likeness (QED) is 0.755. The molecule has 0 bridgehead atoms. The lowest BCUT2D eigenvalue weighted by atomic mass is 10.1. The van der Waals surface area contributed by atoms with Crippen LogP contribution >= 0.6 is 11.6 Å². The van der Waals surface area contributed by atoms with Crippen LogP contribution < -0.4 is 10.5 Å².